The first-order chi connectivity index (χ1) is 13.6. The summed E-state index contributed by atoms with van der Waals surface area (Å²) in [7, 11) is 0. The molecule has 138 valence electrons. The van der Waals surface area contributed by atoms with Crippen LogP contribution in [-0.4, -0.2) is 21.0 Å². The Hall–Kier alpha value is -3.94. The van der Waals surface area contributed by atoms with Crippen molar-refractivity contribution in [1.29, 1.82) is 0 Å². The van der Waals surface area contributed by atoms with Crippen LogP contribution in [0, 0.1) is 11.6 Å². The number of pyridine rings is 1. The summed E-state index contributed by atoms with van der Waals surface area (Å²) in [6.45, 7) is 0. The lowest BCUT2D eigenvalue weighted by atomic mass is 10.1. The number of nitrogens with one attached hydrogen (secondary N) is 1. The van der Waals surface area contributed by atoms with E-state index in [9.17, 15) is 13.6 Å². The van der Waals surface area contributed by atoms with E-state index in [1.807, 2.05) is 0 Å². The van der Waals surface area contributed by atoms with Crippen LogP contribution in [0.15, 0.2) is 71.4 Å². The van der Waals surface area contributed by atoms with Crippen molar-refractivity contribution in [2.45, 2.75) is 0 Å². The van der Waals surface area contributed by atoms with Crippen LogP contribution in [0.25, 0.3) is 23.0 Å². The molecular formula is C20H12F2N4O2. The molecule has 6 nitrogen and oxygen atoms in total. The molecule has 0 saturated heterocycles. The molecule has 0 radical (unpaired) electrons. The topological polar surface area (TPSA) is 80.9 Å². The summed E-state index contributed by atoms with van der Waals surface area (Å²) in [6, 6.07) is 14.7. The van der Waals surface area contributed by atoms with E-state index in [1.165, 1.54) is 36.4 Å². The molecule has 0 aliphatic rings. The van der Waals surface area contributed by atoms with E-state index in [0.29, 0.717) is 22.5 Å². The highest BCUT2D eigenvalue weighted by atomic mass is 19.1. The largest absolute Gasteiger partial charge is 0.334 e. The number of nitrogens with zero attached hydrogens (tertiary/aromatic N) is 3. The van der Waals surface area contributed by atoms with Gasteiger partial charge in [0.2, 0.25) is 5.82 Å². The molecule has 4 aromatic rings. The molecule has 2 heterocycles. The van der Waals surface area contributed by atoms with Crippen molar-refractivity contribution in [2.75, 3.05) is 5.32 Å². The van der Waals surface area contributed by atoms with Crippen LogP contribution in [0.5, 0.6) is 0 Å². The molecule has 1 amide bonds. The Balaban J connectivity index is 1.55. The number of rotatable bonds is 4. The fraction of sp³-hybridized carbons (Fsp3) is 0. The van der Waals surface area contributed by atoms with Gasteiger partial charge in [-0.1, -0.05) is 11.2 Å². The monoisotopic (exact) mass is 378 g/mol. The second-order valence-electron chi connectivity index (χ2n) is 5.83. The number of carbonyl (C=O) groups is 1. The SMILES string of the molecule is O=C(Nc1cccc(-c2nc(-c3ccc(F)cn3)no2)c1)c1ccc(F)cc1. The molecule has 28 heavy (non-hydrogen) atoms. The zero-order valence-electron chi connectivity index (χ0n) is 14.3. The lowest BCUT2D eigenvalue weighted by Gasteiger charge is -2.06. The van der Waals surface area contributed by atoms with Crippen LogP contribution in [0.2, 0.25) is 0 Å². The number of amides is 1. The molecular weight excluding hydrogens is 366 g/mol. The first-order valence-electron chi connectivity index (χ1n) is 8.21. The van der Waals surface area contributed by atoms with Crippen LogP contribution < -0.4 is 5.32 Å². The minimum atomic E-state index is -0.461. The molecule has 2 aromatic carbocycles. The average Bonchev–Trinajstić information content (AvgIpc) is 3.19. The van der Waals surface area contributed by atoms with Crippen molar-refractivity contribution in [3.63, 3.8) is 0 Å². The van der Waals surface area contributed by atoms with E-state index in [2.05, 4.69) is 20.4 Å². The van der Waals surface area contributed by atoms with E-state index in [0.717, 1.165) is 6.20 Å². The highest BCUT2D eigenvalue weighted by Crippen LogP contribution is 2.24. The molecule has 0 aliphatic carbocycles. The van der Waals surface area contributed by atoms with E-state index in [-0.39, 0.29) is 17.6 Å². The molecule has 0 spiro atoms. The van der Waals surface area contributed by atoms with Gasteiger partial charge in [0.05, 0.1) is 6.20 Å². The smallest absolute Gasteiger partial charge is 0.258 e. The molecule has 4 rings (SSSR count). The van der Waals surface area contributed by atoms with Crippen molar-refractivity contribution < 1.29 is 18.1 Å². The Kier molecular flexibility index (Phi) is 4.59. The molecule has 0 atom stereocenters. The van der Waals surface area contributed by atoms with Crippen LogP contribution in [-0.2, 0) is 0 Å². The summed E-state index contributed by atoms with van der Waals surface area (Å²) in [6.07, 6.45) is 1.07. The van der Waals surface area contributed by atoms with Crippen molar-refractivity contribution in [3.8, 4) is 23.0 Å². The number of hydrogen-bond donors (Lipinski definition) is 1. The van der Waals surface area contributed by atoms with Gasteiger partial charge < -0.3 is 9.84 Å². The van der Waals surface area contributed by atoms with Gasteiger partial charge in [0.15, 0.2) is 0 Å². The standard InChI is InChI=1S/C20H12F2N4O2/c21-14-6-4-12(5-7-14)19(27)24-16-3-1-2-13(10-16)20-25-18(26-28-20)17-9-8-15(22)11-23-17/h1-11H,(H,24,27). The zero-order chi connectivity index (χ0) is 19.5. The molecule has 0 fully saturated rings. The predicted molar refractivity (Wildman–Crippen MR) is 97.3 cm³/mol. The fourth-order valence-corrected chi connectivity index (χ4v) is 2.49. The third-order valence-electron chi connectivity index (χ3n) is 3.86. The minimum Gasteiger partial charge on any atom is -0.334 e. The summed E-state index contributed by atoms with van der Waals surface area (Å²) in [5, 5.41) is 6.57. The van der Waals surface area contributed by atoms with Gasteiger partial charge in [0.25, 0.3) is 11.8 Å². The molecule has 0 bridgehead atoms. The number of hydrogen-bond acceptors (Lipinski definition) is 5. The van der Waals surface area contributed by atoms with E-state index < -0.39 is 11.6 Å². The number of benzene rings is 2. The lowest BCUT2D eigenvalue weighted by molar-refractivity contribution is 0.102. The number of aromatic nitrogens is 3. The molecule has 0 saturated carbocycles. The summed E-state index contributed by atoms with van der Waals surface area (Å²) in [4.78, 5) is 20.4. The normalized spacial score (nSPS) is 10.6. The number of anilines is 1. The Morgan fingerprint density at radius 3 is 2.50 bits per heavy atom. The number of carbonyl (C=O) groups excluding carboxylic acids is 1. The van der Waals surface area contributed by atoms with Gasteiger partial charge in [-0.25, -0.2) is 13.8 Å². The van der Waals surface area contributed by atoms with Crippen molar-refractivity contribution in [2.24, 2.45) is 0 Å². The molecule has 0 unspecified atom stereocenters. The van der Waals surface area contributed by atoms with Gasteiger partial charge in [-0.15, -0.1) is 0 Å². The second kappa shape index (κ2) is 7.36. The Bertz CT molecular complexity index is 1130. The number of halogens is 2. The van der Waals surface area contributed by atoms with Crippen LogP contribution in [0.3, 0.4) is 0 Å². The van der Waals surface area contributed by atoms with E-state index in [4.69, 9.17) is 4.52 Å². The van der Waals surface area contributed by atoms with Crippen molar-refractivity contribution in [1.82, 2.24) is 15.1 Å². The highest BCUT2D eigenvalue weighted by molar-refractivity contribution is 6.04. The lowest BCUT2D eigenvalue weighted by Crippen LogP contribution is -2.11. The molecule has 1 N–H and O–H groups in total. The summed E-state index contributed by atoms with van der Waals surface area (Å²) in [5.41, 5.74) is 1.79. The van der Waals surface area contributed by atoms with E-state index in [1.54, 1.807) is 24.3 Å². The average molecular weight is 378 g/mol. The second-order valence-corrected chi connectivity index (χ2v) is 5.83. The Labute approximate surface area is 157 Å². The summed E-state index contributed by atoms with van der Waals surface area (Å²) < 4.78 is 31.2. The van der Waals surface area contributed by atoms with Gasteiger partial charge in [0, 0.05) is 16.8 Å². The van der Waals surface area contributed by atoms with Gasteiger partial charge in [-0.2, -0.15) is 4.98 Å². The molecule has 8 heteroatoms. The van der Waals surface area contributed by atoms with Crippen molar-refractivity contribution >= 4 is 11.6 Å². The zero-order valence-corrected chi connectivity index (χ0v) is 14.3. The Morgan fingerprint density at radius 1 is 0.964 bits per heavy atom. The van der Waals surface area contributed by atoms with Crippen LogP contribution in [0.4, 0.5) is 14.5 Å². The fourth-order valence-electron chi connectivity index (χ4n) is 2.49. The van der Waals surface area contributed by atoms with Crippen LogP contribution >= 0.6 is 0 Å². The Morgan fingerprint density at radius 2 is 1.75 bits per heavy atom. The summed E-state index contributed by atoms with van der Waals surface area (Å²) in [5.74, 6) is -0.813. The first-order valence-corrected chi connectivity index (χ1v) is 8.21. The van der Waals surface area contributed by atoms with Gasteiger partial charge in [0.1, 0.15) is 17.3 Å². The van der Waals surface area contributed by atoms with Gasteiger partial charge >= 0.3 is 0 Å². The van der Waals surface area contributed by atoms with E-state index >= 15 is 0 Å². The van der Waals surface area contributed by atoms with Gasteiger partial charge in [-0.05, 0) is 54.6 Å². The molecule has 2 aromatic heterocycles. The quantitative estimate of drug-likeness (QED) is 0.572. The first kappa shape index (κ1) is 17.5. The minimum absolute atomic E-state index is 0.218. The van der Waals surface area contributed by atoms with Gasteiger partial charge in [-0.3, -0.25) is 4.79 Å². The maximum Gasteiger partial charge on any atom is 0.258 e. The maximum absolute atomic E-state index is 13.0. The third kappa shape index (κ3) is 3.75. The maximum atomic E-state index is 13.0. The molecule has 0 aliphatic heterocycles. The van der Waals surface area contributed by atoms with Crippen molar-refractivity contribution in [3.05, 3.63) is 84.1 Å². The van der Waals surface area contributed by atoms with Crippen LogP contribution in [0.1, 0.15) is 10.4 Å². The predicted octanol–water partition coefficient (Wildman–Crippen LogP) is 4.33. The third-order valence-corrected chi connectivity index (χ3v) is 3.86. The highest BCUT2D eigenvalue weighted by Gasteiger charge is 2.13. The summed E-state index contributed by atoms with van der Waals surface area (Å²) >= 11 is 0.